The highest BCUT2D eigenvalue weighted by atomic mass is 32.2. The third-order valence-electron chi connectivity index (χ3n) is 4.13. The predicted molar refractivity (Wildman–Crippen MR) is 114 cm³/mol. The van der Waals surface area contributed by atoms with Gasteiger partial charge < -0.3 is 19.9 Å². The first-order valence-corrected chi connectivity index (χ1v) is 9.88. The van der Waals surface area contributed by atoms with Gasteiger partial charge in [-0.05, 0) is 66.7 Å². The van der Waals surface area contributed by atoms with E-state index in [-0.39, 0.29) is 16.4 Å². The molecule has 3 rings (SSSR count). The average molecular weight is 428 g/mol. The Morgan fingerprint density at radius 2 is 1.93 bits per heavy atom. The lowest BCUT2D eigenvalue weighted by molar-refractivity contribution is -0.127. The van der Waals surface area contributed by atoms with Gasteiger partial charge in [-0.25, -0.2) is 0 Å². The molecule has 3 amide bonds. The summed E-state index contributed by atoms with van der Waals surface area (Å²) in [6, 6.07) is 11.3. The molecule has 0 saturated carbocycles. The van der Waals surface area contributed by atoms with Gasteiger partial charge in [0.05, 0.1) is 18.6 Å². The highest BCUT2D eigenvalue weighted by Gasteiger charge is 2.36. The minimum absolute atomic E-state index is 0.0164. The lowest BCUT2D eigenvalue weighted by atomic mass is 10.2. The van der Waals surface area contributed by atoms with E-state index in [1.165, 1.54) is 19.3 Å². The van der Waals surface area contributed by atoms with Crippen LogP contribution < -0.4 is 14.8 Å². The van der Waals surface area contributed by atoms with E-state index in [4.69, 9.17) is 9.47 Å². The Kier molecular flexibility index (Phi) is 6.63. The minimum atomic E-state index is -0.555. The zero-order valence-corrected chi connectivity index (χ0v) is 17.2. The fraction of sp³-hybridized carbons (Fsp3) is 0.190. The van der Waals surface area contributed by atoms with Gasteiger partial charge in [-0.15, -0.1) is 0 Å². The molecule has 1 fully saturated rings. The molecule has 2 aromatic rings. The molecule has 1 saturated heterocycles. The van der Waals surface area contributed by atoms with Crippen molar-refractivity contribution < 1.29 is 29.0 Å². The van der Waals surface area contributed by atoms with Gasteiger partial charge in [-0.3, -0.25) is 19.3 Å². The number of nitrogens with one attached hydrogen (secondary N) is 1. The molecular formula is C21H20N2O6S. The van der Waals surface area contributed by atoms with Gasteiger partial charge in [0.2, 0.25) is 5.91 Å². The number of hydrogen-bond acceptors (Lipinski definition) is 7. The van der Waals surface area contributed by atoms with Crippen LogP contribution in [-0.2, 0) is 9.59 Å². The Balaban J connectivity index is 1.68. The molecule has 0 atom stereocenters. The van der Waals surface area contributed by atoms with E-state index in [9.17, 15) is 19.5 Å². The molecule has 0 aliphatic carbocycles. The SMILES string of the molecule is CCOc1cc(/C=C2/SC(=O)N(CC(=O)Nc3ccc(OC)cc3)C2=O)ccc1O. The van der Waals surface area contributed by atoms with Crippen LogP contribution in [0.2, 0.25) is 0 Å². The van der Waals surface area contributed by atoms with Gasteiger partial charge in [0.1, 0.15) is 12.3 Å². The van der Waals surface area contributed by atoms with Gasteiger partial charge in [0.25, 0.3) is 11.1 Å². The van der Waals surface area contributed by atoms with Crippen LogP contribution >= 0.6 is 11.8 Å². The molecule has 9 heteroatoms. The first-order valence-electron chi connectivity index (χ1n) is 9.06. The largest absolute Gasteiger partial charge is 0.504 e. The van der Waals surface area contributed by atoms with E-state index in [1.54, 1.807) is 43.3 Å². The Labute approximate surface area is 177 Å². The molecule has 0 radical (unpaired) electrons. The number of nitrogens with zero attached hydrogens (tertiary/aromatic N) is 1. The van der Waals surface area contributed by atoms with Crippen molar-refractivity contribution in [3.63, 3.8) is 0 Å². The van der Waals surface area contributed by atoms with Gasteiger partial charge in [-0.2, -0.15) is 0 Å². The molecule has 0 bridgehead atoms. The molecule has 2 aromatic carbocycles. The molecule has 0 aromatic heterocycles. The lowest BCUT2D eigenvalue weighted by Gasteiger charge is -2.12. The average Bonchev–Trinajstić information content (AvgIpc) is 2.98. The van der Waals surface area contributed by atoms with E-state index in [2.05, 4.69) is 5.32 Å². The van der Waals surface area contributed by atoms with Crippen molar-refractivity contribution >= 4 is 40.6 Å². The number of carbonyl (C=O) groups is 3. The fourth-order valence-corrected chi connectivity index (χ4v) is 3.54. The summed E-state index contributed by atoms with van der Waals surface area (Å²) in [5, 5.41) is 11.9. The monoisotopic (exact) mass is 428 g/mol. The number of phenols is 1. The normalized spacial score (nSPS) is 14.9. The second-order valence-electron chi connectivity index (χ2n) is 6.20. The highest BCUT2D eigenvalue weighted by Crippen LogP contribution is 2.34. The Hall–Kier alpha value is -3.46. The summed E-state index contributed by atoms with van der Waals surface area (Å²) in [6.45, 7) is 1.76. The van der Waals surface area contributed by atoms with Gasteiger partial charge in [-0.1, -0.05) is 6.07 Å². The molecule has 0 unspecified atom stereocenters. The van der Waals surface area contributed by atoms with Crippen molar-refractivity contribution in [2.45, 2.75) is 6.92 Å². The summed E-state index contributed by atoms with van der Waals surface area (Å²) >= 11 is 0.752. The fourth-order valence-electron chi connectivity index (χ4n) is 2.70. The number of anilines is 1. The van der Waals surface area contributed by atoms with Crippen molar-refractivity contribution in [2.24, 2.45) is 0 Å². The number of thioether (sulfide) groups is 1. The molecule has 156 valence electrons. The maximum Gasteiger partial charge on any atom is 0.294 e. The van der Waals surface area contributed by atoms with Gasteiger partial charge in [0, 0.05) is 5.69 Å². The molecular weight excluding hydrogens is 408 g/mol. The van der Waals surface area contributed by atoms with Crippen LogP contribution in [0.4, 0.5) is 10.5 Å². The number of benzene rings is 2. The summed E-state index contributed by atoms with van der Waals surface area (Å²) < 4.78 is 10.4. The summed E-state index contributed by atoms with van der Waals surface area (Å²) in [7, 11) is 1.54. The number of amides is 3. The van der Waals surface area contributed by atoms with Crippen molar-refractivity contribution in [2.75, 3.05) is 25.6 Å². The lowest BCUT2D eigenvalue weighted by Crippen LogP contribution is -2.36. The summed E-state index contributed by atoms with van der Waals surface area (Å²) in [5.41, 5.74) is 1.11. The summed E-state index contributed by atoms with van der Waals surface area (Å²) in [6.07, 6.45) is 1.52. The number of carbonyl (C=O) groups excluding carboxylic acids is 3. The second kappa shape index (κ2) is 9.36. The zero-order chi connectivity index (χ0) is 21.7. The molecule has 30 heavy (non-hydrogen) atoms. The Morgan fingerprint density at radius 1 is 1.20 bits per heavy atom. The number of rotatable bonds is 7. The number of hydrogen-bond donors (Lipinski definition) is 2. The van der Waals surface area contributed by atoms with Crippen LogP contribution in [0.5, 0.6) is 17.2 Å². The van der Waals surface area contributed by atoms with E-state index in [1.807, 2.05) is 0 Å². The predicted octanol–water partition coefficient (Wildman–Crippen LogP) is 3.47. The van der Waals surface area contributed by atoms with Crippen LogP contribution in [0, 0.1) is 0 Å². The van der Waals surface area contributed by atoms with E-state index in [0.717, 1.165) is 16.7 Å². The van der Waals surface area contributed by atoms with Crippen LogP contribution in [0.1, 0.15) is 12.5 Å². The van der Waals surface area contributed by atoms with Crippen molar-refractivity contribution in [3.05, 3.63) is 52.9 Å². The minimum Gasteiger partial charge on any atom is -0.504 e. The number of aromatic hydroxyl groups is 1. The maximum atomic E-state index is 12.6. The van der Waals surface area contributed by atoms with Crippen LogP contribution in [0.15, 0.2) is 47.4 Å². The zero-order valence-electron chi connectivity index (χ0n) is 16.4. The smallest absolute Gasteiger partial charge is 0.294 e. The van der Waals surface area contributed by atoms with Crippen molar-refractivity contribution in [1.29, 1.82) is 0 Å². The quantitative estimate of drug-likeness (QED) is 0.651. The summed E-state index contributed by atoms with van der Waals surface area (Å²) in [5.74, 6) is -0.139. The Morgan fingerprint density at radius 3 is 2.60 bits per heavy atom. The third-order valence-corrected chi connectivity index (χ3v) is 5.04. The van der Waals surface area contributed by atoms with Crippen LogP contribution in [-0.4, -0.2) is 47.3 Å². The maximum absolute atomic E-state index is 12.6. The van der Waals surface area contributed by atoms with Crippen LogP contribution in [0.25, 0.3) is 6.08 Å². The molecule has 2 N–H and O–H groups in total. The third kappa shape index (κ3) is 4.93. The van der Waals surface area contributed by atoms with Crippen molar-refractivity contribution in [1.82, 2.24) is 4.90 Å². The molecule has 1 aliphatic heterocycles. The van der Waals surface area contributed by atoms with E-state index < -0.39 is 23.6 Å². The Bertz CT molecular complexity index is 1000. The number of phenolic OH excluding ortho intramolecular Hbond substituents is 1. The molecule has 8 nitrogen and oxygen atoms in total. The number of ether oxygens (including phenoxy) is 2. The second-order valence-corrected chi connectivity index (χ2v) is 7.20. The van der Waals surface area contributed by atoms with E-state index in [0.29, 0.717) is 23.6 Å². The van der Waals surface area contributed by atoms with Gasteiger partial charge >= 0.3 is 0 Å². The first kappa shape index (κ1) is 21.3. The number of methoxy groups -OCH3 is 1. The first-order chi connectivity index (χ1) is 14.4. The number of imide groups is 1. The summed E-state index contributed by atoms with van der Waals surface area (Å²) in [4.78, 5) is 38.2. The molecule has 1 aliphatic rings. The van der Waals surface area contributed by atoms with Crippen LogP contribution in [0.3, 0.4) is 0 Å². The molecule has 1 heterocycles. The molecule has 0 spiro atoms. The van der Waals surface area contributed by atoms with Gasteiger partial charge in [0.15, 0.2) is 11.5 Å². The topological polar surface area (TPSA) is 105 Å². The van der Waals surface area contributed by atoms with E-state index >= 15 is 0 Å². The highest BCUT2D eigenvalue weighted by molar-refractivity contribution is 8.18. The standard InChI is InChI=1S/C21H20N2O6S/c1-3-29-17-10-13(4-9-16(17)24)11-18-20(26)23(21(27)30-18)12-19(25)22-14-5-7-15(28-2)8-6-14/h4-11,24H,3,12H2,1-2H3,(H,22,25)/b18-11+. The van der Waals surface area contributed by atoms with Crippen molar-refractivity contribution in [3.8, 4) is 17.2 Å².